The number of hydrogen-bond acceptors (Lipinski definition) is 4. The van der Waals surface area contributed by atoms with Crippen molar-refractivity contribution >= 4 is 5.91 Å². The third-order valence-electron chi connectivity index (χ3n) is 6.24. The molecule has 174 valence electrons. The molecule has 0 aliphatic carbocycles. The number of hydrogen-bond donors (Lipinski definition) is 0. The molecule has 1 unspecified atom stereocenters. The second-order valence-corrected chi connectivity index (χ2v) is 8.47. The minimum atomic E-state index is -0.313. The fourth-order valence-electron chi connectivity index (χ4n) is 4.17. The number of carbonyl (C=O) groups excluding carboxylic acids is 1. The van der Waals surface area contributed by atoms with E-state index in [1.807, 2.05) is 60.9 Å². The molecule has 0 radical (unpaired) electrons. The van der Waals surface area contributed by atoms with Gasteiger partial charge >= 0.3 is 0 Å². The van der Waals surface area contributed by atoms with Gasteiger partial charge in [-0.1, -0.05) is 36.4 Å². The Kier molecular flexibility index (Phi) is 7.07. The Morgan fingerprint density at radius 1 is 1.06 bits per heavy atom. The van der Waals surface area contributed by atoms with E-state index < -0.39 is 0 Å². The SMILES string of the molecule is Cc1cc(=O)c(C(=O)N(C)C(C)c2ccco2)c(CCc2ccccc2)n1Cc1ccccn1. The first-order valence-electron chi connectivity index (χ1n) is 11.4. The highest BCUT2D eigenvalue weighted by atomic mass is 16.3. The molecule has 1 aromatic carbocycles. The predicted molar refractivity (Wildman–Crippen MR) is 132 cm³/mol. The average molecular weight is 456 g/mol. The van der Waals surface area contributed by atoms with Crippen LogP contribution in [-0.4, -0.2) is 27.4 Å². The first-order valence-corrected chi connectivity index (χ1v) is 11.4. The molecule has 0 spiro atoms. The topological polar surface area (TPSA) is 68.3 Å². The minimum Gasteiger partial charge on any atom is -0.467 e. The molecule has 1 atom stereocenters. The van der Waals surface area contributed by atoms with E-state index >= 15 is 0 Å². The van der Waals surface area contributed by atoms with E-state index in [1.54, 1.807) is 36.5 Å². The van der Waals surface area contributed by atoms with Crippen molar-refractivity contribution in [1.29, 1.82) is 0 Å². The summed E-state index contributed by atoms with van der Waals surface area (Å²) in [7, 11) is 1.71. The summed E-state index contributed by atoms with van der Waals surface area (Å²) >= 11 is 0. The molecule has 3 heterocycles. The van der Waals surface area contributed by atoms with E-state index in [-0.39, 0.29) is 22.9 Å². The van der Waals surface area contributed by atoms with Crippen LogP contribution in [0.5, 0.6) is 0 Å². The lowest BCUT2D eigenvalue weighted by Gasteiger charge is -2.26. The summed E-state index contributed by atoms with van der Waals surface area (Å²) in [6, 6.07) is 20.7. The van der Waals surface area contributed by atoms with E-state index in [9.17, 15) is 9.59 Å². The van der Waals surface area contributed by atoms with Gasteiger partial charge in [-0.3, -0.25) is 14.6 Å². The molecule has 4 aromatic rings. The van der Waals surface area contributed by atoms with Crippen LogP contribution < -0.4 is 5.43 Å². The molecule has 0 N–H and O–H groups in total. The van der Waals surface area contributed by atoms with Crippen LogP contribution in [0.2, 0.25) is 0 Å². The van der Waals surface area contributed by atoms with E-state index in [1.165, 1.54) is 0 Å². The number of aryl methyl sites for hydroxylation is 2. The number of aromatic nitrogens is 2. The van der Waals surface area contributed by atoms with Crippen molar-refractivity contribution in [1.82, 2.24) is 14.5 Å². The number of benzene rings is 1. The highest BCUT2D eigenvalue weighted by Gasteiger charge is 2.27. The Morgan fingerprint density at radius 2 is 1.82 bits per heavy atom. The lowest BCUT2D eigenvalue weighted by atomic mass is 10.0. The van der Waals surface area contributed by atoms with E-state index in [0.29, 0.717) is 25.1 Å². The molecular weight excluding hydrogens is 426 g/mol. The zero-order chi connectivity index (χ0) is 24.1. The highest BCUT2D eigenvalue weighted by Crippen LogP contribution is 2.23. The molecule has 1 amide bonds. The van der Waals surface area contributed by atoms with Gasteiger partial charge in [0.25, 0.3) is 5.91 Å². The largest absolute Gasteiger partial charge is 0.467 e. The molecule has 0 saturated heterocycles. The quantitative estimate of drug-likeness (QED) is 0.382. The summed E-state index contributed by atoms with van der Waals surface area (Å²) in [5.74, 6) is 0.356. The average Bonchev–Trinajstić information content (AvgIpc) is 3.39. The third kappa shape index (κ3) is 5.01. The van der Waals surface area contributed by atoms with Gasteiger partial charge in [0.15, 0.2) is 5.43 Å². The molecule has 6 nitrogen and oxygen atoms in total. The first kappa shape index (κ1) is 23.2. The fourth-order valence-corrected chi connectivity index (χ4v) is 4.17. The van der Waals surface area contributed by atoms with Gasteiger partial charge in [0.1, 0.15) is 11.3 Å². The molecule has 0 bridgehead atoms. The van der Waals surface area contributed by atoms with Crippen LogP contribution in [-0.2, 0) is 19.4 Å². The Balaban J connectivity index is 1.77. The lowest BCUT2D eigenvalue weighted by molar-refractivity contribution is 0.0722. The van der Waals surface area contributed by atoms with Crippen molar-refractivity contribution in [2.75, 3.05) is 7.05 Å². The van der Waals surface area contributed by atoms with Gasteiger partial charge in [-0.2, -0.15) is 0 Å². The maximum atomic E-state index is 13.7. The van der Waals surface area contributed by atoms with Gasteiger partial charge in [0.05, 0.1) is 24.5 Å². The van der Waals surface area contributed by atoms with Crippen molar-refractivity contribution in [3.05, 3.63) is 123 Å². The van der Waals surface area contributed by atoms with Crippen molar-refractivity contribution in [2.24, 2.45) is 0 Å². The third-order valence-corrected chi connectivity index (χ3v) is 6.24. The van der Waals surface area contributed by atoms with Crippen LogP contribution in [0.3, 0.4) is 0 Å². The molecule has 3 aromatic heterocycles. The van der Waals surface area contributed by atoms with Crippen LogP contribution in [0.1, 0.15) is 51.7 Å². The summed E-state index contributed by atoms with van der Waals surface area (Å²) in [4.78, 5) is 33.0. The van der Waals surface area contributed by atoms with E-state index in [2.05, 4.69) is 17.1 Å². The molecule has 0 saturated carbocycles. The molecule has 6 heteroatoms. The monoisotopic (exact) mass is 455 g/mol. The zero-order valence-electron chi connectivity index (χ0n) is 19.8. The van der Waals surface area contributed by atoms with Crippen molar-refractivity contribution < 1.29 is 9.21 Å². The molecule has 34 heavy (non-hydrogen) atoms. The predicted octanol–water partition coefficient (Wildman–Crippen LogP) is 4.81. The van der Waals surface area contributed by atoms with E-state index in [4.69, 9.17) is 4.42 Å². The van der Waals surface area contributed by atoms with Gasteiger partial charge in [-0.15, -0.1) is 0 Å². The highest BCUT2D eigenvalue weighted by molar-refractivity contribution is 5.95. The van der Waals surface area contributed by atoms with Gasteiger partial charge in [-0.25, -0.2) is 0 Å². The van der Waals surface area contributed by atoms with Crippen molar-refractivity contribution in [2.45, 2.75) is 39.3 Å². The molecule has 0 aliphatic heterocycles. The number of nitrogens with zero attached hydrogens (tertiary/aromatic N) is 3. The Bertz CT molecular complexity index is 1300. The molecular formula is C28H29N3O3. The maximum absolute atomic E-state index is 13.7. The smallest absolute Gasteiger partial charge is 0.259 e. The van der Waals surface area contributed by atoms with Crippen LogP contribution in [0.4, 0.5) is 0 Å². The summed E-state index contributed by atoms with van der Waals surface area (Å²) in [5, 5.41) is 0. The number of pyridine rings is 2. The van der Waals surface area contributed by atoms with Gasteiger partial charge in [0, 0.05) is 30.7 Å². The van der Waals surface area contributed by atoms with Crippen LogP contribution in [0.25, 0.3) is 0 Å². The normalized spacial score (nSPS) is 11.9. The summed E-state index contributed by atoms with van der Waals surface area (Å²) < 4.78 is 7.55. The second kappa shape index (κ2) is 10.3. The van der Waals surface area contributed by atoms with Gasteiger partial charge in [-0.05, 0) is 56.5 Å². The van der Waals surface area contributed by atoms with Crippen LogP contribution in [0, 0.1) is 6.92 Å². The molecule has 0 fully saturated rings. The summed E-state index contributed by atoms with van der Waals surface area (Å²) in [6.45, 7) is 4.27. The Morgan fingerprint density at radius 3 is 2.50 bits per heavy atom. The Hall–Kier alpha value is -3.93. The first-order chi connectivity index (χ1) is 16.5. The van der Waals surface area contributed by atoms with Crippen molar-refractivity contribution in [3.8, 4) is 0 Å². The van der Waals surface area contributed by atoms with E-state index in [0.717, 1.165) is 22.6 Å². The summed E-state index contributed by atoms with van der Waals surface area (Å²) in [6.07, 6.45) is 4.60. The maximum Gasteiger partial charge on any atom is 0.259 e. The molecule has 0 aliphatic rings. The lowest BCUT2D eigenvalue weighted by Crippen LogP contribution is -2.36. The minimum absolute atomic E-state index is 0.207. The number of carbonyl (C=O) groups is 1. The van der Waals surface area contributed by atoms with Crippen molar-refractivity contribution in [3.63, 3.8) is 0 Å². The summed E-state index contributed by atoms with van der Waals surface area (Å²) in [5.41, 5.74) is 3.49. The number of amides is 1. The second-order valence-electron chi connectivity index (χ2n) is 8.47. The number of furan rings is 1. The number of rotatable bonds is 8. The van der Waals surface area contributed by atoms with Gasteiger partial charge in [0.2, 0.25) is 0 Å². The fraction of sp³-hybridized carbons (Fsp3) is 0.250. The standard InChI is InChI=1S/C28H29N3O3/c1-20-18-25(32)27(28(33)30(3)21(2)26-13-9-17-34-26)24(15-14-22-10-5-4-6-11-22)31(20)19-23-12-7-8-16-29-23/h4-13,16-18,21H,14-15,19H2,1-3H3. The Labute approximate surface area is 199 Å². The van der Waals surface area contributed by atoms with Gasteiger partial charge < -0.3 is 13.9 Å². The van der Waals surface area contributed by atoms with Crippen LogP contribution in [0.15, 0.2) is 88.4 Å². The molecule has 4 rings (SSSR count). The zero-order valence-corrected chi connectivity index (χ0v) is 19.8. The van der Waals surface area contributed by atoms with Crippen LogP contribution >= 0.6 is 0 Å².